The van der Waals surface area contributed by atoms with Gasteiger partial charge in [-0.1, -0.05) is 11.6 Å². The zero-order valence-corrected chi connectivity index (χ0v) is 8.95. The number of pyridine rings is 1. The van der Waals surface area contributed by atoms with Crippen molar-refractivity contribution in [3.05, 3.63) is 29.5 Å². The first-order valence-corrected chi connectivity index (χ1v) is 5.82. The molecular weight excluding hydrogens is 184 g/mol. The van der Waals surface area contributed by atoms with Gasteiger partial charge in [-0.3, -0.25) is 0 Å². The normalized spacial score (nSPS) is 19.5. The van der Waals surface area contributed by atoms with Gasteiger partial charge in [0.2, 0.25) is 0 Å². The van der Waals surface area contributed by atoms with Gasteiger partial charge in [-0.25, -0.2) is 4.98 Å². The SMILES string of the molecule is C(=C1CC1)c1ccnc(N2CCCC2)c1. The molecule has 2 nitrogen and oxygen atoms in total. The molecule has 2 fully saturated rings. The highest BCUT2D eigenvalue weighted by Gasteiger charge is 2.14. The van der Waals surface area contributed by atoms with Crippen LogP contribution in [0.4, 0.5) is 5.82 Å². The molecule has 1 aliphatic carbocycles. The standard InChI is InChI=1S/C13H16N2/c1-2-8-15(7-1)13-10-12(5-6-14-13)9-11-3-4-11/h5-6,9-10H,1-4,7-8H2. The summed E-state index contributed by atoms with van der Waals surface area (Å²) in [7, 11) is 0. The Morgan fingerprint density at radius 3 is 2.73 bits per heavy atom. The summed E-state index contributed by atoms with van der Waals surface area (Å²) in [6, 6.07) is 4.32. The Labute approximate surface area is 90.6 Å². The van der Waals surface area contributed by atoms with Gasteiger partial charge < -0.3 is 4.90 Å². The highest BCUT2D eigenvalue weighted by atomic mass is 15.2. The number of hydrogen-bond acceptors (Lipinski definition) is 2. The first-order valence-electron chi connectivity index (χ1n) is 5.82. The lowest BCUT2D eigenvalue weighted by molar-refractivity contribution is 0.937. The van der Waals surface area contributed by atoms with E-state index in [4.69, 9.17) is 0 Å². The van der Waals surface area contributed by atoms with Crippen LogP contribution in [0.5, 0.6) is 0 Å². The molecule has 15 heavy (non-hydrogen) atoms. The number of nitrogens with zero attached hydrogens (tertiary/aromatic N) is 2. The monoisotopic (exact) mass is 200 g/mol. The van der Waals surface area contributed by atoms with E-state index in [9.17, 15) is 0 Å². The predicted molar refractivity (Wildman–Crippen MR) is 62.9 cm³/mol. The lowest BCUT2D eigenvalue weighted by atomic mass is 10.2. The molecule has 0 atom stereocenters. The third kappa shape index (κ3) is 2.04. The smallest absolute Gasteiger partial charge is 0.129 e. The van der Waals surface area contributed by atoms with Gasteiger partial charge in [-0.15, -0.1) is 0 Å². The second-order valence-corrected chi connectivity index (χ2v) is 4.44. The van der Waals surface area contributed by atoms with Crippen LogP contribution < -0.4 is 4.90 Å². The molecule has 1 saturated heterocycles. The zero-order chi connectivity index (χ0) is 10.1. The topological polar surface area (TPSA) is 16.1 Å². The van der Waals surface area contributed by atoms with Crippen LogP contribution in [0.1, 0.15) is 31.2 Å². The van der Waals surface area contributed by atoms with E-state index in [1.165, 1.54) is 44.3 Å². The third-order valence-corrected chi connectivity index (χ3v) is 3.11. The summed E-state index contributed by atoms with van der Waals surface area (Å²) in [5.41, 5.74) is 2.90. The van der Waals surface area contributed by atoms with Crippen molar-refractivity contribution in [3.63, 3.8) is 0 Å². The van der Waals surface area contributed by atoms with Crippen LogP contribution in [0.2, 0.25) is 0 Å². The fourth-order valence-corrected chi connectivity index (χ4v) is 2.10. The van der Waals surface area contributed by atoms with E-state index in [0.717, 1.165) is 5.82 Å². The minimum Gasteiger partial charge on any atom is -0.357 e. The van der Waals surface area contributed by atoms with Gasteiger partial charge in [-0.2, -0.15) is 0 Å². The minimum absolute atomic E-state index is 1.16. The van der Waals surface area contributed by atoms with E-state index in [-0.39, 0.29) is 0 Å². The van der Waals surface area contributed by atoms with Crippen LogP contribution in [0, 0.1) is 0 Å². The van der Waals surface area contributed by atoms with Crippen LogP contribution in [-0.4, -0.2) is 18.1 Å². The van der Waals surface area contributed by atoms with Crippen LogP contribution in [0.25, 0.3) is 6.08 Å². The maximum Gasteiger partial charge on any atom is 0.129 e. The van der Waals surface area contributed by atoms with Crippen molar-refractivity contribution in [2.75, 3.05) is 18.0 Å². The number of anilines is 1. The fraction of sp³-hybridized carbons (Fsp3) is 0.462. The molecule has 1 aliphatic heterocycles. The van der Waals surface area contributed by atoms with Gasteiger partial charge in [0.25, 0.3) is 0 Å². The van der Waals surface area contributed by atoms with Crippen molar-refractivity contribution >= 4 is 11.9 Å². The molecule has 0 unspecified atom stereocenters. The molecule has 1 saturated carbocycles. The van der Waals surface area contributed by atoms with Gasteiger partial charge in [0.15, 0.2) is 0 Å². The number of allylic oxidation sites excluding steroid dienone is 1. The molecule has 1 aromatic rings. The first kappa shape index (κ1) is 8.96. The van der Waals surface area contributed by atoms with Crippen LogP contribution >= 0.6 is 0 Å². The molecule has 78 valence electrons. The Morgan fingerprint density at radius 2 is 2.00 bits per heavy atom. The average Bonchev–Trinajstić information content (AvgIpc) is 2.91. The average molecular weight is 200 g/mol. The first-order chi connectivity index (χ1) is 7.42. The summed E-state index contributed by atoms with van der Waals surface area (Å²) in [5, 5.41) is 0. The van der Waals surface area contributed by atoms with Crippen LogP contribution in [-0.2, 0) is 0 Å². The lowest BCUT2D eigenvalue weighted by Crippen LogP contribution is -2.18. The molecule has 0 radical (unpaired) electrons. The summed E-state index contributed by atoms with van der Waals surface area (Å²) in [6.45, 7) is 2.35. The fourth-order valence-electron chi connectivity index (χ4n) is 2.10. The second kappa shape index (κ2) is 3.69. The zero-order valence-electron chi connectivity index (χ0n) is 8.95. The Morgan fingerprint density at radius 1 is 1.20 bits per heavy atom. The van der Waals surface area contributed by atoms with Gasteiger partial charge in [0.05, 0.1) is 0 Å². The van der Waals surface area contributed by atoms with Gasteiger partial charge >= 0.3 is 0 Å². The molecule has 0 aromatic carbocycles. The highest BCUT2D eigenvalue weighted by Crippen LogP contribution is 2.30. The van der Waals surface area contributed by atoms with Crippen molar-refractivity contribution in [2.45, 2.75) is 25.7 Å². The summed E-state index contributed by atoms with van der Waals surface area (Å²) in [5.74, 6) is 1.16. The van der Waals surface area contributed by atoms with E-state index >= 15 is 0 Å². The molecule has 2 heterocycles. The van der Waals surface area contributed by atoms with Gasteiger partial charge in [-0.05, 0) is 43.4 Å². The molecule has 0 bridgehead atoms. The third-order valence-electron chi connectivity index (χ3n) is 3.11. The maximum atomic E-state index is 4.45. The van der Waals surface area contributed by atoms with E-state index in [2.05, 4.69) is 28.1 Å². The van der Waals surface area contributed by atoms with Crippen molar-refractivity contribution in [2.24, 2.45) is 0 Å². The number of rotatable bonds is 2. The quantitative estimate of drug-likeness (QED) is 0.729. The Bertz CT molecular complexity index is 383. The van der Waals surface area contributed by atoms with Crippen LogP contribution in [0.3, 0.4) is 0 Å². The van der Waals surface area contributed by atoms with E-state index in [1.807, 2.05) is 6.20 Å². The maximum absolute atomic E-state index is 4.45. The van der Waals surface area contributed by atoms with E-state index in [1.54, 1.807) is 5.57 Å². The Hall–Kier alpha value is -1.31. The summed E-state index contributed by atoms with van der Waals surface area (Å²) < 4.78 is 0. The lowest BCUT2D eigenvalue weighted by Gasteiger charge is -2.16. The molecule has 3 rings (SSSR count). The second-order valence-electron chi connectivity index (χ2n) is 4.44. The number of aromatic nitrogens is 1. The molecule has 2 aliphatic rings. The van der Waals surface area contributed by atoms with E-state index < -0.39 is 0 Å². The molecular formula is C13H16N2. The van der Waals surface area contributed by atoms with Crippen LogP contribution in [0.15, 0.2) is 23.9 Å². The van der Waals surface area contributed by atoms with Crippen molar-refractivity contribution in [1.29, 1.82) is 0 Å². The van der Waals surface area contributed by atoms with Gasteiger partial charge in [0.1, 0.15) is 5.82 Å². The highest BCUT2D eigenvalue weighted by molar-refractivity contribution is 5.59. The van der Waals surface area contributed by atoms with Crippen molar-refractivity contribution < 1.29 is 0 Å². The molecule has 0 N–H and O–H groups in total. The number of hydrogen-bond donors (Lipinski definition) is 0. The predicted octanol–water partition coefficient (Wildman–Crippen LogP) is 2.86. The molecule has 0 spiro atoms. The summed E-state index contributed by atoms with van der Waals surface area (Å²) in [4.78, 5) is 6.83. The summed E-state index contributed by atoms with van der Waals surface area (Å²) in [6.07, 6.45) is 9.45. The molecule has 0 amide bonds. The van der Waals surface area contributed by atoms with Gasteiger partial charge in [0, 0.05) is 19.3 Å². The summed E-state index contributed by atoms with van der Waals surface area (Å²) >= 11 is 0. The van der Waals surface area contributed by atoms with E-state index in [0.29, 0.717) is 0 Å². The van der Waals surface area contributed by atoms with Crippen molar-refractivity contribution in [1.82, 2.24) is 4.98 Å². The van der Waals surface area contributed by atoms with Crippen molar-refractivity contribution in [3.8, 4) is 0 Å². The Kier molecular flexibility index (Phi) is 2.20. The minimum atomic E-state index is 1.16. The Balaban J connectivity index is 1.84. The molecule has 1 aromatic heterocycles. The largest absolute Gasteiger partial charge is 0.357 e. The molecule has 2 heteroatoms.